The Morgan fingerprint density at radius 1 is 1.22 bits per heavy atom. The summed E-state index contributed by atoms with van der Waals surface area (Å²) in [5.74, 6) is -0.0311. The predicted octanol–water partition coefficient (Wildman–Crippen LogP) is 2.51. The third kappa shape index (κ3) is 2.12. The molecule has 0 aliphatic carbocycles. The zero-order valence-electron chi connectivity index (χ0n) is 9.41. The lowest BCUT2D eigenvalue weighted by Crippen LogP contribution is -2.05. The van der Waals surface area contributed by atoms with Gasteiger partial charge in [-0.25, -0.2) is 15.0 Å². The van der Waals surface area contributed by atoms with E-state index in [2.05, 4.69) is 15.0 Å². The third-order valence-corrected chi connectivity index (χ3v) is 3.55. The van der Waals surface area contributed by atoms with E-state index >= 15 is 0 Å². The Hall–Kier alpha value is -2.14. The monoisotopic (exact) mass is 255 g/mol. The van der Waals surface area contributed by atoms with Crippen LogP contribution in [-0.4, -0.2) is 20.7 Å². The van der Waals surface area contributed by atoms with Crippen LogP contribution in [0.25, 0.3) is 10.2 Å². The number of para-hydroxylation sites is 1. The highest BCUT2D eigenvalue weighted by molar-refractivity contribution is 7.18. The maximum atomic E-state index is 12.0. The molecule has 3 rings (SSSR count). The van der Waals surface area contributed by atoms with Crippen molar-refractivity contribution in [2.45, 2.75) is 6.42 Å². The molecule has 0 fully saturated rings. The molecule has 3 aromatic rings. The van der Waals surface area contributed by atoms with E-state index in [1.807, 2.05) is 24.3 Å². The van der Waals surface area contributed by atoms with Gasteiger partial charge in [0.2, 0.25) is 0 Å². The van der Waals surface area contributed by atoms with E-state index in [9.17, 15) is 4.79 Å². The molecule has 0 saturated carbocycles. The predicted molar refractivity (Wildman–Crippen MR) is 69.7 cm³/mol. The summed E-state index contributed by atoms with van der Waals surface area (Å²) in [4.78, 5) is 24.1. The standard InChI is InChI=1S/C13H9N3OS/c17-11(9-5-6-14-8-15-9)7-13-16-10-3-1-2-4-12(10)18-13/h1-6,8H,7H2. The van der Waals surface area contributed by atoms with Crippen LogP contribution in [0.5, 0.6) is 0 Å². The number of Topliss-reactive ketones (excluding diaryl/α,β-unsaturated/α-hetero) is 1. The summed E-state index contributed by atoms with van der Waals surface area (Å²) in [5, 5.41) is 0.819. The Kier molecular flexibility index (Phi) is 2.82. The molecule has 18 heavy (non-hydrogen) atoms. The van der Waals surface area contributed by atoms with Crippen molar-refractivity contribution in [3.05, 3.63) is 53.6 Å². The molecule has 0 bridgehead atoms. The van der Waals surface area contributed by atoms with Crippen molar-refractivity contribution in [3.63, 3.8) is 0 Å². The number of thiazole rings is 1. The third-order valence-electron chi connectivity index (χ3n) is 2.52. The van der Waals surface area contributed by atoms with Crippen LogP contribution in [0.3, 0.4) is 0 Å². The van der Waals surface area contributed by atoms with E-state index in [-0.39, 0.29) is 12.2 Å². The summed E-state index contributed by atoms with van der Waals surface area (Å²) in [5.41, 5.74) is 1.37. The van der Waals surface area contributed by atoms with E-state index in [1.165, 1.54) is 6.33 Å². The Morgan fingerprint density at radius 2 is 2.11 bits per heavy atom. The van der Waals surface area contributed by atoms with Gasteiger partial charge in [0.05, 0.1) is 16.6 Å². The normalized spacial score (nSPS) is 10.7. The first-order valence-electron chi connectivity index (χ1n) is 5.46. The van der Waals surface area contributed by atoms with E-state index in [4.69, 9.17) is 0 Å². The Labute approximate surface area is 107 Å². The number of ketones is 1. The molecular formula is C13H9N3OS. The van der Waals surface area contributed by atoms with Crippen LogP contribution in [0.1, 0.15) is 15.5 Å². The number of rotatable bonds is 3. The first-order chi connectivity index (χ1) is 8.83. The summed E-state index contributed by atoms with van der Waals surface area (Å²) in [6.07, 6.45) is 3.24. The quantitative estimate of drug-likeness (QED) is 0.675. The van der Waals surface area contributed by atoms with Crippen LogP contribution in [0.15, 0.2) is 42.9 Å². The van der Waals surface area contributed by atoms with Gasteiger partial charge in [-0.1, -0.05) is 12.1 Å². The molecule has 0 N–H and O–H groups in total. The van der Waals surface area contributed by atoms with Gasteiger partial charge in [0.1, 0.15) is 17.0 Å². The smallest absolute Gasteiger partial charge is 0.188 e. The maximum absolute atomic E-state index is 12.0. The lowest BCUT2D eigenvalue weighted by Gasteiger charge is -1.95. The van der Waals surface area contributed by atoms with Crippen molar-refractivity contribution in [2.75, 3.05) is 0 Å². The largest absolute Gasteiger partial charge is 0.292 e. The van der Waals surface area contributed by atoms with Gasteiger partial charge in [0.25, 0.3) is 0 Å². The highest BCUT2D eigenvalue weighted by Gasteiger charge is 2.11. The lowest BCUT2D eigenvalue weighted by molar-refractivity contribution is 0.0988. The van der Waals surface area contributed by atoms with Crippen LogP contribution in [0.4, 0.5) is 0 Å². The second-order valence-electron chi connectivity index (χ2n) is 3.77. The number of carbonyl (C=O) groups excluding carboxylic acids is 1. The van der Waals surface area contributed by atoms with Crippen molar-refractivity contribution in [1.82, 2.24) is 15.0 Å². The van der Waals surface area contributed by atoms with Crippen LogP contribution >= 0.6 is 11.3 Å². The molecule has 0 radical (unpaired) electrons. The van der Waals surface area contributed by atoms with Gasteiger partial charge < -0.3 is 0 Å². The molecule has 0 amide bonds. The van der Waals surface area contributed by atoms with E-state index in [0.717, 1.165) is 15.2 Å². The average Bonchev–Trinajstić information content (AvgIpc) is 2.82. The van der Waals surface area contributed by atoms with Crippen LogP contribution in [0, 0.1) is 0 Å². The lowest BCUT2D eigenvalue weighted by atomic mass is 10.2. The van der Waals surface area contributed by atoms with E-state index in [1.54, 1.807) is 23.6 Å². The van der Waals surface area contributed by atoms with Gasteiger partial charge in [-0.05, 0) is 18.2 Å². The minimum absolute atomic E-state index is 0.0311. The fraction of sp³-hybridized carbons (Fsp3) is 0.0769. The zero-order chi connectivity index (χ0) is 12.4. The first kappa shape index (κ1) is 11.0. The van der Waals surface area contributed by atoms with Crippen molar-refractivity contribution >= 4 is 27.3 Å². The summed E-state index contributed by atoms with van der Waals surface area (Å²) in [7, 11) is 0. The van der Waals surface area contributed by atoms with Gasteiger partial charge >= 0.3 is 0 Å². The van der Waals surface area contributed by atoms with E-state index in [0.29, 0.717) is 5.69 Å². The summed E-state index contributed by atoms with van der Waals surface area (Å²) < 4.78 is 1.10. The minimum atomic E-state index is -0.0311. The van der Waals surface area contributed by atoms with Gasteiger partial charge in [-0.2, -0.15) is 0 Å². The summed E-state index contributed by atoms with van der Waals surface area (Å²) in [6.45, 7) is 0. The Morgan fingerprint density at radius 3 is 2.89 bits per heavy atom. The number of hydrogen-bond donors (Lipinski definition) is 0. The molecule has 0 atom stereocenters. The van der Waals surface area contributed by atoms with Gasteiger partial charge in [0, 0.05) is 6.20 Å². The SMILES string of the molecule is O=C(Cc1nc2ccccc2s1)c1ccncn1. The molecule has 2 heterocycles. The fourth-order valence-corrected chi connectivity index (χ4v) is 2.65. The molecule has 88 valence electrons. The first-order valence-corrected chi connectivity index (χ1v) is 6.28. The second kappa shape index (κ2) is 4.62. The van der Waals surface area contributed by atoms with E-state index < -0.39 is 0 Å². The molecule has 0 unspecified atom stereocenters. The topological polar surface area (TPSA) is 55.7 Å². The van der Waals surface area contributed by atoms with Gasteiger partial charge in [0.15, 0.2) is 5.78 Å². The van der Waals surface area contributed by atoms with Crippen molar-refractivity contribution in [1.29, 1.82) is 0 Å². The molecule has 1 aromatic carbocycles. The summed E-state index contributed by atoms with van der Waals surface area (Å²) in [6, 6.07) is 9.49. The second-order valence-corrected chi connectivity index (χ2v) is 4.89. The van der Waals surface area contributed by atoms with Gasteiger partial charge in [-0.3, -0.25) is 4.79 Å². The number of hydrogen-bond acceptors (Lipinski definition) is 5. The van der Waals surface area contributed by atoms with Crippen LogP contribution in [0.2, 0.25) is 0 Å². The van der Waals surface area contributed by atoms with Crippen LogP contribution < -0.4 is 0 Å². The highest BCUT2D eigenvalue weighted by Crippen LogP contribution is 2.22. The average molecular weight is 255 g/mol. The number of nitrogens with zero attached hydrogens (tertiary/aromatic N) is 3. The zero-order valence-corrected chi connectivity index (χ0v) is 10.2. The number of carbonyl (C=O) groups is 1. The number of aromatic nitrogens is 3. The number of fused-ring (bicyclic) bond motifs is 1. The van der Waals surface area contributed by atoms with Crippen molar-refractivity contribution in [3.8, 4) is 0 Å². The molecule has 4 nitrogen and oxygen atoms in total. The molecular weight excluding hydrogens is 246 g/mol. The molecule has 2 aromatic heterocycles. The molecule has 0 aliphatic rings. The summed E-state index contributed by atoms with van der Waals surface area (Å²) >= 11 is 1.54. The fourth-order valence-electron chi connectivity index (χ4n) is 1.68. The molecule has 0 spiro atoms. The van der Waals surface area contributed by atoms with Crippen molar-refractivity contribution < 1.29 is 4.79 Å². The minimum Gasteiger partial charge on any atom is -0.292 e. The molecule has 0 saturated heterocycles. The maximum Gasteiger partial charge on any atom is 0.188 e. The molecule has 5 heteroatoms. The highest BCUT2D eigenvalue weighted by atomic mass is 32.1. The molecule has 0 aliphatic heterocycles. The van der Waals surface area contributed by atoms with Gasteiger partial charge in [-0.15, -0.1) is 11.3 Å². The number of benzene rings is 1. The van der Waals surface area contributed by atoms with Crippen LogP contribution in [-0.2, 0) is 6.42 Å². The Balaban J connectivity index is 1.86. The van der Waals surface area contributed by atoms with Crippen molar-refractivity contribution in [2.24, 2.45) is 0 Å². The Bertz CT molecular complexity index is 661.